The highest BCUT2D eigenvalue weighted by Gasteiger charge is 2.49. The van der Waals surface area contributed by atoms with Gasteiger partial charge < -0.3 is 19.5 Å². The summed E-state index contributed by atoms with van der Waals surface area (Å²) in [5.74, 6) is -2.76. The average molecular weight is 476 g/mol. The molecule has 3 fully saturated rings. The third kappa shape index (κ3) is 6.63. The van der Waals surface area contributed by atoms with E-state index in [2.05, 4.69) is 4.98 Å². The zero-order valence-electron chi connectivity index (χ0n) is 18.1. The van der Waals surface area contributed by atoms with E-state index in [1.54, 1.807) is 12.4 Å². The largest absolute Gasteiger partial charge is 0.490 e. The van der Waals surface area contributed by atoms with Crippen LogP contribution in [0.25, 0.3) is 0 Å². The average Bonchev–Trinajstić information content (AvgIpc) is 2.76. The minimum Gasteiger partial charge on any atom is -0.475 e. The lowest BCUT2D eigenvalue weighted by molar-refractivity contribution is -0.192. The predicted molar refractivity (Wildman–Crippen MR) is 108 cm³/mol. The van der Waals surface area contributed by atoms with Crippen molar-refractivity contribution in [1.82, 2.24) is 9.88 Å². The number of hydrogen-bond donors (Lipinski definition) is 1. The lowest BCUT2D eigenvalue weighted by Gasteiger charge is -2.51. The van der Waals surface area contributed by atoms with Gasteiger partial charge in [-0.1, -0.05) is 0 Å². The van der Waals surface area contributed by atoms with Crippen molar-refractivity contribution in [3.63, 3.8) is 0 Å². The van der Waals surface area contributed by atoms with Gasteiger partial charge in [0, 0.05) is 43.4 Å². The van der Waals surface area contributed by atoms with Gasteiger partial charge in [-0.25, -0.2) is 9.18 Å². The van der Waals surface area contributed by atoms with E-state index in [4.69, 9.17) is 19.4 Å². The van der Waals surface area contributed by atoms with Crippen molar-refractivity contribution >= 4 is 11.9 Å². The fourth-order valence-electron chi connectivity index (χ4n) is 4.55. The minimum absolute atomic E-state index is 0.122. The summed E-state index contributed by atoms with van der Waals surface area (Å²) in [6.45, 7) is 3.29. The summed E-state index contributed by atoms with van der Waals surface area (Å²) >= 11 is 0. The molecule has 0 radical (unpaired) electrons. The quantitative estimate of drug-likeness (QED) is 0.656. The molecule has 33 heavy (non-hydrogen) atoms. The lowest BCUT2D eigenvalue weighted by Crippen LogP contribution is -2.59. The van der Waals surface area contributed by atoms with Crippen LogP contribution in [0.5, 0.6) is 0 Å². The highest BCUT2D eigenvalue weighted by molar-refractivity contribution is 5.80. The Morgan fingerprint density at radius 1 is 1.27 bits per heavy atom. The topological polar surface area (TPSA) is 89.0 Å². The number of fused-ring (bicyclic) bond motifs is 1. The van der Waals surface area contributed by atoms with E-state index in [1.807, 2.05) is 17.0 Å². The number of amides is 1. The summed E-state index contributed by atoms with van der Waals surface area (Å²) in [6.07, 6.45) is 1.42. The molecule has 1 amide bonds. The first-order chi connectivity index (χ1) is 15.6. The Morgan fingerprint density at radius 2 is 1.94 bits per heavy atom. The molecule has 1 saturated carbocycles. The van der Waals surface area contributed by atoms with Crippen molar-refractivity contribution < 1.29 is 41.7 Å². The summed E-state index contributed by atoms with van der Waals surface area (Å²) in [4.78, 5) is 27.6. The van der Waals surface area contributed by atoms with Crippen LogP contribution in [0.3, 0.4) is 0 Å². The van der Waals surface area contributed by atoms with Gasteiger partial charge in [-0.3, -0.25) is 9.78 Å². The van der Waals surface area contributed by atoms with Crippen molar-refractivity contribution in [2.24, 2.45) is 11.3 Å². The monoisotopic (exact) mass is 476 g/mol. The van der Waals surface area contributed by atoms with Crippen LogP contribution < -0.4 is 0 Å². The SMILES string of the molecule is O=C(C1CC(F)C1)N1CCC2OCCCC2(COCc2ccncc2)C1.O=C(O)C(F)(F)F. The zero-order chi connectivity index (χ0) is 24.1. The smallest absolute Gasteiger partial charge is 0.475 e. The van der Waals surface area contributed by atoms with Gasteiger partial charge in [-0.15, -0.1) is 0 Å². The second-order valence-corrected chi connectivity index (χ2v) is 8.79. The molecule has 0 aromatic carbocycles. The Kier molecular flexibility index (Phi) is 8.28. The molecule has 1 aromatic rings. The van der Waals surface area contributed by atoms with E-state index in [9.17, 15) is 22.4 Å². The summed E-state index contributed by atoms with van der Waals surface area (Å²) in [5, 5.41) is 7.12. The number of ether oxygens (including phenoxy) is 2. The van der Waals surface area contributed by atoms with E-state index < -0.39 is 18.3 Å². The minimum atomic E-state index is -5.08. The number of carbonyl (C=O) groups excluding carboxylic acids is 1. The van der Waals surface area contributed by atoms with Crippen molar-refractivity contribution in [2.75, 3.05) is 26.3 Å². The number of aromatic nitrogens is 1. The van der Waals surface area contributed by atoms with E-state index in [0.717, 1.165) is 31.4 Å². The maximum absolute atomic E-state index is 13.2. The molecule has 1 aromatic heterocycles. The van der Waals surface area contributed by atoms with Crippen LogP contribution in [-0.4, -0.2) is 71.6 Å². The standard InChI is InChI=1S/C20H27FN2O3.C2HF3O2/c21-17-10-16(11-17)19(24)23-8-4-18-20(13-23,5-1-9-26-18)14-25-12-15-2-6-22-7-3-15;3-2(4,5)1(6)7/h2-3,6-7,16-18H,1,4-5,8-14H2;(H,6,7). The van der Waals surface area contributed by atoms with Crippen molar-refractivity contribution in [2.45, 2.75) is 57.2 Å². The van der Waals surface area contributed by atoms with E-state index in [-0.39, 0.29) is 23.3 Å². The second kappa shape index (κ2) is 10.8. The number of aliphatic carboxylic acids is 1. The van der Waals surface area contributed by atoms with Gasteiger partial charge in [0.25, 0.3) is 0 Å². The Balaban J connectivity index is 0.000000383. The molecule has 2 atom stereocenters. The van der Waals surface area contributed by atoms with Crippen LogP contribution >= 0.6 is 0 Å². The predicted octanol–water partition coefficient (Wildman–Crippen LogP) is 3.38. The molecular weight excluding hydrogens is 448 g/mol. The summed E-state index contributed by atoms with van der Waals surface area (Å²) in [5.41, 5.74) is 0.954. The number of likely N-dealkylation sites (tertiary alicyclic amines) is 1. The molecule has 0 spiro atoms. The number of rotatable bonds is 5. The molecule has 2 saturated heterocycles. The third-order valence-corrected chi connectivity index (χ3v) is 6.38. The van der Waals surface area contributed by atoms with Gasteiger partial charge >= 0.3 is 12.1 Å². The van der Waals surface area contributed by atoms with E-state index in [0.29, 0.717) is 39.1 Å². The molecule has 11 heteroatoms. The Hall–Kier alpha value is -2.27. The van der Waals surface area contributed by atoms with Crippen LogP contribution in [0, 0.1) is 11.3 Å². The number of carboxylic acid groups (broad SMARTS) is 1. The van der Waals surface area contributed by atoms with Gasteiger partial charge in [0.1, 0.15) is 6.17 Å². The second-order valence-electron chi connectivity index (χ2n) is 8.79. The molecule has 1 N–H and O–H groups in total. The Morgan fingerprint density at radius 3 is 2.55 bits per heavy atom. The highest BCUT2D eigenvalue weighted by Crippen LogP contribution is 2.42. The number of carboxylic acids is 1. The fourth-order valence-corrected chi connectivity index (χ4v) is 4.55. The molecule has 2 aliphatic heterocycles. The molecule has 184 valence electrons. The lowest BCUT2D eigenvalue weighted by atomic mass is 9.72. The first-order valence-electron chi connectivity index (χ1n) is 10.9. The Bertz CT molecular complexity index is 804. The van der Waals surface area contributed by atoms with Crippen molar-refractivity contribution in [3.05, 3.63) is 30.1 Å². The molecule has 7 nitrogen and oxygen atoms in total. The van der Waals surface area contributed by atoms with Crippen molar-refractivity contribution in [1.29, 1.82) is 0 Å². The zero-order valence-corrected chi connectivity index (χ0v) is 18.1. The van der Waals surface area contributed by atoms with Crippen molar-refractivity contribution in [3.8, 4) is 0 Å². The molecular formula is C22H28F4N2O5. The molecule has 0 bridgehead atoms. The number of piperidine rings is 1. The van der Waals surface area contributed by atoms with E-state index >= 15 is 0 Å². The number of halogens is 4. The maximum atomic E-state index is 13.2. The highest BCUT2D eigenvalue weighted by atomic mass is 19.4. The number of carbonyl (C=O) groups is 2. The van der Waals surface area contributed by atoms with Crippen LogP contribution in [0.15, 0.2) is 24.5 Å². The fraction of sp³-hybridized carbons (Fsp3) is 0.682. The Labute approximate surface area is 189 Å². The first-order valence-corrected chi connectivity index (χ1v) is 10.9. The molecule has 3 aliphatic rings. The maximum Gasteiger partial charge on any atom is 0.490 e. The van der Waals surface area contributed by atoms with Gasteiger partial charge in [0.2, 0.25) is 5.91 Å². The van der Waals surface area contributed by atoms with Gasteiger partial charge in [-0.2, -0.15) is 13.2 Å². The van der Waals surface area contributed by atoms with Crippen LogP contribution in [-0.2, 0) is 25.7 Å². The summed E-state index contributed by atoms with van der Waals surface area (Å²) in [6, 6.07) is 3.90. The normalized spacial score (nSPS) is 29.2. The number of pyridine rings is 1. The number of nitrogens with zero attached hydrogens (tertiary/aromatic N) is 2. The summed E-state index contributed by atoms with van der Waals surface area (Å²) in [7, 11) is 0. The molecule has 4 rings (SSSR count). The van der Waals surface area contributed by atoms with Gasteiger partial charge in [-0.05, 0) is 49.8 Å². The molecule has 1 aliphatic carbocycles. The van der Waals surface area contributed by atoms with E-state index in [1.165, 1.54) is 0 Å². The first kappa shape index (κ1) is 25.4. The summed E-state index contributed by atoms with van der Waals surface area (Å²) < 4.78 is 57.0. The molecule has 3 heterocycles. The van der Waals surface area contributed by atoms with Gasteiger partial charge in [0.15, 0.2) is 0 Å². The molecule has 2 unspecified atom stereocenters. The van der Waals surface area contributed by atoms with Gasteiger partial charge in [0.05, 0.1) is 19.3 Å². The van der Waals surface area contributed by atoms with Crippen LogP contribution in [0.1, 0.15) is 37.7 Å². The third-order valence-electron chi connectivity index (χ3n) is 6.38. The van der Waals surface area contributed by atoms with Crippen LogP contribution in [0.4, 0.5) is 17.6 Å². The number of hydrogen-bond acceptors (Lipinski definition) is 5. The number of alkyl halides is 4. The van der Waals surface area contributed by atoms with Crippen LogP contribution in [0.2, 0.25) is 0 Å².